The van der Waals surface area contributed by atoms with Gasteiger partial charge in [0.05, 0.1) is 24.4 Å². The first-order chi connectivity index (χ1) is 13.6. The fourth-order valence-electron chi connectivity index (χ4n) is 5.17. The van der Waals surface area contributed by atoms with Crippen LogP contribution in [-0.4, -0.2) is 11.8 Å². The first-order valence-electron chi connectivity index (χ1n) is 9.62. The van der Waals surface area contributed by atoms with Gasteiger partial charge in [-0.3, -0.25) is 9.59 Å². The van der Waals surface area contributed by atoms with E-state index in [1.54, 1.807) is 12.5 Å². The summed E-state index contributed by atoms with van der Waals surface area (Å²) in [5, 5.41) is 6.04. The number of halogens is 1. The Hall–Kier alpha value is -2.34. The number of benzene rings is 1. The summed E-state index contributed by atoms with van der Waals surface area (Å²) >= 11 is 3.41. The third-order valence-corrected chi connectivity index (χ3v) is 7.13. The lowest BCUT2D eigenvalue weighted by atomic mass is 9.81. The van der Waals surface area contributed by atoms with E-state index < -0.39 is 0 Å². The van der Waals surface area contributed by atoms with Crippen molar-refractivity contribution >= 4 is 33.4 Å². The van der Waals surface area contributed by atoms with E-state index in [4.69, 9.17) is 4.42 Å². The van der Waals surface area contributed by atoms with Crippen molar-refractivity contribution in [3.63, 3.8) is 0 Å². The topological polar surface area (TPSA) is 71.3 Å². The van der Waals surface area contributed by atoms with Gasteiger partial charge in [-0.15, -0.1) is 0 Å². The van der Waals surface area contributed by atoms with Crippen LogP contribution in [0, 0.1) is 29.1 Å². The Labute approximate surface area is 171 Å². The third-order valence-electron chi connectivity index (χ3n) is 6.61. The number of amides is 2. The van der Waals surface area contributed by atoms with Crippen molar-refractivity contribution in [2.45, 2.75) is 19.4 Å². The molecule has 28 heavy (non-hydrogen) atoms. The number of anilines is 1. The normalized spacial score (nSPS) is 28.5. The molecule has 3 aliphatic carbocycles. The molecule has 2 fully saturated rings. The molecule has 144 valence electrons. The highest BCUT2D eigenvalue weighted by molar-refractivity contribution is 9.10. The van der Waals surface area contributed by atoms with Crippen LogP contribution in [-0.2, 0) is 16.1 Å². The highest BCUT2D eigenvalue weighted by Gasteiger charge is 2.69. The fourth-order valence-corrected chi connectivity index (χ4v) is 5.43. The van der Waals surface area contributed by atoms with E-state index in [1.807, 2.05) is 30.3 Å². The monoisotopic (exact) mass is 440 g/mol. The molecule has 2 saturated carbocycles. The molecule has 0 saturated heterocycles. The zero-order valence-corrected chi connectivity index (χ0v) is 16.8. The lowest BCUT2D eigenvalue weighted by molar-refractivity contribution is -0.133. The average molecular weight is 441 g/mol. The molecule has 2 amide bonds. The number of carbonyl (C=O) groups excluding carboxylic acids is 2. The molecule has 4 atom stereocenters. The second kappa shape index (κ2) is 6.62. The molecule has 2 bridgehead atoms. The second-order valence-electron chi connectivity index (χ2n) is 8.07. The van der Waals surface area contributed by atoms with Crippen molar-refractivity contribution in [1.29, 1.82) is 0 Å². The molecule has 5 rings (SSSR count). The first kappa shape index (κ1) is 17.7. The van der Waals surface area contributed by atoms with Gasteiger partial charge < -0.3 is 15.1 Å². The Morgan fingerprint density at radius 1 is 1.04 bits per heavy atom. The van der Waals surface area contributed by atoms with Crippen LogP contribution in [0.15, 0.2) is 63.9 Å². The van der Waals surface area contributed by atoms with Gasteiger partial charge in [0, 0.05) is 22.3 Å². The molecule has 2 aromatic rings. The van der Waals surface area contributed by atoms with Gasteiger partial charge in [-0.1, -0.05) is 28.1 Å². The average Bonchev–Trinajstić information content (AvgIpc) is 3.05. The number of allylic oxidation sites excluding steroid dienone is 2. The van der Waals surface area contributed by atoms with Gasteiger partial charge in [0.15, 0.2) is 0 Å². The van der Waals surface area contributed by atoms with Crippen LogP contribution in [0.4, 0.5) is 5.69 Å². The van der Waals surface area contributed by atoms with Crippen LogP contribution < -0.4 is 10.6 Å². The van der Waals surface area contributed by atoms with Crippen molar-refractivity contribution in [1.82, 2.24) is 5.32 Å². The van der Waals surface area contributed by atoms with E-state index in [9.17, 15) is 9.59 Å². The molecule has 1 aromatic heterocycles. The number of furan rings is 1. The molecule has 0 radical (unpaired) electrons. The smallest absolute Gasteiger partial charge is 0.228 e. The van der Waals surface area contributed by atoms with E-state index in [2.05, 4.69) is 38.7 Å². The number of hydrogen-bond acceptors (Lipinski definition) is 3. The third kappa shape index (κ3) is 2.82. The molecule has 1 aromatic carbocycles. The number of rotatable bonds is 5. The summed E-state index contributed by atoms with van der Waals surface area (Å²) in [6.07, 6.45) is 9.76. The Bertz CT molecular complexity index is 931. The maximum atomic E-state index is 13.2. The van der Waals surface area contributed by atoms with E-state index in [0.717, 1.165) is 28.6 Å². The van der Waals surface area contributed by atoms with Gasteiger partial charge in [-0.05, 0) is 60.4 Å². The zero-order chi connectivity index (χ0) is 19.3. The second-order valence-corrected chi connectivity index (χ2v) is 8.98. The Morgan fingerprint density at radius 2 is 1.71 bits per heavy atom. The van der Waals surface area contributed by atoms with Crippen LogP contribution in [0.5, 0.6) is 0 Å². The van der Waals surface area contributed by atoms with Crippen molar-refractivity contribution < 1.29 is 14.0 Å². The van der Waals surface area contributed by atoms with Crippen molar-refractivity contribution in [2.75, 3.05) is 5.32 Å². The number of nitrogens with one attached hydrogen (secondary N) is 2. The number of hydrogen-bond donors (Lipinski definition) is 2. The lowest BCUT2D eigenvalue weighted by Crippen LogP contribution is -2.41. The largest absolute Gasteiger partial charge is 0.472 e. The Kier molecular flexibility index (Phi) is 4.19. The van der Waals surface area contributed by atoms with Crippen molar-refractivity contribution in [2.24, 2.45) is 29.1 Å². The molecule has 1 heterocycles. The van der Waals surface area contributed by atoms with Crippen LogP contribution in [0.25, 0.3) is 0 Å². The van der Waals surface area contributed by atoms with E-state index in [1.165, 1.54) is 0 Å². The minimum Gasteiger partial charge on any atom is -0.472 e. The van der Waals surface area contributed by atoms with E-state index in [0.29, 0.717) is 6.54 Å². The molecule has 2 N–H and O–H groups in total. The maximum Gasteiger partial charge on any atom is 0.228 e. The van der Waals surface area contributed by atoms with Crippen LogP contribution in [0.3, 0.4) is 0 Å². The Balaban J connectivity index is 1.36. The predicted molar refractivity (Wildman–Crippen MR) is 108 cm³/mol. The summed E-state index contributed by atoms with van der Waals surface area (Å²) in [5.41, 5.74) is 1.80. The van der Waals surface area contributed by atoms with E-state index in [-0.39, 0.29) is 40.9 Å². The zero-order valence-electron chi connectivity index (χ0n) is 15.2. The predicted octanol–water partition coefficient (Wildman–Crippen LogP) is 4.13. The Morgan fingerprint density at radius 3 is 2.32 bits per heavy atom. The molecule has 6 heteroatoms. The summed E-state index contributed by atoms with van der Waals surface area (Å²) in [6, 6.07) is 9.36. The van der Waals surface area contributed by atoms with Crippen LogP contribution >= 0.6 is 15.9 Å². The van der Waals surface area contributed by atoms with Crippen LogP contribution in [0.2, 0.25) is 0 Å². The molecule has 1 spiro atoms. The van der Waals surface area contributed by atoms with Gasteiger partial charge in [-0.2, -0.15) is 0 Å². The summed E-state index contributed by atoms with van der Waals surface area (Å²) in [6.45, 7) is 0.418. The van der Waals surface area contributed by atoms with Crippen molar-refractivity contribution in [3.05, 3.63) is 65.0 Å². The molecule has 0 unspecified atom stereocenters. The quantitative estimate of drug-likeness (QED) is 0.686. The molecule has 0 aliphatic heterocycles. The minimum absolute atomic E-state index is 0.0414. The number of carbonyl (C=O) groups is 2. The maximum absolute atomic E-state index is 13.2. The standard InChI is InChI=1S/C22H21BrN2O3/c23-14-1-3-15(4-2-14)25-21(27)19-17-6-5-16(22(17)8-9-22)18(19)20(26)24-11-13-7-10-28-12-13/h1-7,10,12,16-19H,8-9,11H2,(H,24,26)(H,25,27)/t16-,17-,18-,19-/m1/s1. The molecular formula is C22H21BrN2O3. The summed E-state index contributed by atoms with van der Waals surface area (Å²) < 4.78 is 6.03. The van der Waals surface area contributed by atoms with Crippen LogP contribution in [0.1, 0.15) is 18.4 Å². The minimum atomic E-state index is -0.328. The first-order valence-corrected chi connectivity index (χ1v) is 10.4. The van der Waals surface area contributed by atoms with E-state index >= 15 is 0 Å². The SMILES string of the molecule is O=C(NCc1ccoc1)[C@H]1[C@H](C(=O)Nc2ccc(Br)cc2)[C@H]2C=C[C@H]1C21CC1. The lowest BCUT2D eigenvalue weighted by Gasteiger charge is -2.26. The molecule has 5 nitrogen and oxygen atoms in total. The van der Waals surface area contributed by atoms with Gasteiger partial charge in [0.25, 0.3) is 0 Å². The molecule has 3 aliphatic rings. The summed E-state index contributed by atoms with van der Waals surface area (Å²) in [7, 11) is 0. The molecular weight excluding hydrogens is 420 g/mol. The summed E-state index contributed by atoms with van der Waals surface area (Å²) in [5.74, 6) is -0.445. The van der Waals surface area contributed by atoms with Gasteiger partial charge in [-0.25, -0.2) is 0 Å². The summed E-state index contributed by atoms with van der Waals surface area (Å²) in [4.78, 5) is 26.3. The fraction of sp³-hybridized carbons (Fsp3) is 0.364. The van der Waals surface area contributed by atoms with Crippen molar-refractivity contribution in [3.8, 4) is 0 Å². The highest BCUT2D eigenvalue weighted by atomic mass is 79.9. The van der Waals surface area contributed by atoms with Gasteiger partial charge >= 0.3 is 0 Å². The van der Waals surface area contributed by atoms with Gasteiger partial charge in [0.1, 0.15) is 0 Å². The van der Waals surface area contributed by atoms with Gasteiger partial charge in [0.2, 0.25) is 11.8 Å². The highest BCUT2D eigenvalue weighted by Crippen LogP contribution is 2.72.